The number of benzene rings is 1. The molecule has 6 heteroatoms. The van der Waals surface area contributed by atoms with Gasteiger partial charge in [-0.3, -0.25) is 0 Å². The molecule has 0 bridgehead atoms. The molecule has 1 aliphatic heterocycles. The molecule has 0 atom stereocenters. The summed E-state index contributed by atoms with van der Waals surface area (Å²) in [6, 6.07) is 16.6. The number of thiophene rings is 1. The summed E-state index contributed by atoms with van der Waals surface area (Å²) in [7, 11) is 0. The van der Waals surface area contributed by atoms with Crippen molar-refractivity contribution in [3.05, 3.63) is 66.6 Å². The van der Waals surface area contributed by atoms with Gasteiger partial charge >= 0.3 is 0 Å². The second-order valence-corrected chi connectivity index (χ2v) is 7.96. The molecule has 4 aromatic rings. The fourth-order valence-electron chi connectivity index (χ4n) is 3.85. The van der Waals surface area contributed by atoms with Crippen LogP contribution in [0, 0.1) is 6.92 Å². The van der Waals surface area contributed by atoms with Crippen LogP contribution >= 0.6 is 11.3 Å². The molecule has 140 valence electrons. The molecule has 0 aliphatic carbocycles. The third-order valence-electron chi connectivity index (χ3n) is 5.30. The molecule has 1 aromatic carbocycles. The van der Waals surface area contributed by atoms with Gasteiger partial charge in [-0.2, -0.15) is 0 Å². The first-order valence-corrected chi connectivity index (χ1v) is 10.3. The summed E-state index contributed by atoms with van der Waals surface area (Å²) in [5.41, 5.74) is 2.52. The van der Waals surface area contributed by atoms with Crippen molar-refractivity contribution >= 4 is 33.2 Å². The molecule has 28 heavy (non-hydrogen) atoms. The Morgan fingerprint density at radius 2 is 1.57 bits per heavy atom. The van der Waals surface area contributed by atoms with Crippen LogP contribution in [0.15, 0.2) is 61.1 Å². The van der Waals surface area contributed by atoms with Crippen molar-refractivity contribution in [1.29, 1.82) is 0 Å². The second-order valence-electron chi connectivity index (χ2n) is 6.96. The van der Waals surface area contributed by atoms with E-state index in [4.69, 9.17) is 0 Å². The van der Waals surface area contributed by atoms with Gasteiger partial charge in [-0.25, -0.2) is 15.0 Å². The average molecular weight is 388 g/mol. The molecule has 5 rings (SSSR count). The third-order valence-corrected chi connectivity index (χ3v) is 6.54. The Morgan fingerprint density at radius 1 is 0.821 bits per heavy atom. The summed E-state index contributed by atoms with van der Waals surface area (Å²) in [5, 5.41) is 1.19. The van der Waals surface area contributed by atoms with Crippen molar-refractivity contribution in [3.63, 3.8) is 0 Å². The van der Waals surface area contributed by atoms with Gasteiger partial charge in [0.1, 0.15) is 22.8 Å². The number of aryl methyl sites for hydroxylation is 1. The van der Waals surface area contributed by atoms with Crippen molar-refractivity contribution in [3.8, 4) is 10.4 Å². The number of rotatable bonds is 3. The topological polar surface area (TPSA) is 45.2 Å². The van der Waals surface area contributed by atoms with Crippen LogP contribution in [0.4, 0.5) is 11.6 Å². The molecule has 1 aliphatic rings. The Balaban J connectivity index is 1.46. The van der Waals surface area contributed by atoms with Gasteiger partial charge in [0.25, 0.3) is 0 Å². The molecule has 3 aromatic heterocycles. The van der Waals surface area contributed by atoms with Crippen LogP contribution < -0.4 is 9.80 Å². The fourth-order valence-corrected chi connectivity index (χ4v) is 4.99. The quantitative estimate of drug-likeness (QED) is 0.522. The van der Waals surface area contributed by atoms with Gasteiger partial charge in [0.2, 0.25) is 0 Å². The lowest BCUT2D eigenvalue weighted by molar-refractivity contribution is 0.643. The van der Waals surface area contributed by atoms with Gasteiger partial charge in [0, 0.05) is 37.3 Å². The van der Waals surface area contributed by atoms with Crippen LogP contribution in [-0.4, -0.2) is 41.1 Å². The van der Waals surface area contributed by atoms with Gasteiger partial charge in [-0.1, -0.05) is 36.4 Å². The predicted octanol–water partition coefficient (Wildman–Crippen LogP) is 4.39. The van der Waals surface area contributed by atoms with Gasteiger partial charge in [0.05, 0.1) is 5.39 Å². The fraction of sp³-hybridized carbons (Fsp3) is 0.227. The largest absolute Gasteiger partial charge is 0.353 e. The molecule has 1 fully saturated rings. The molecule has 1 saturated heterocycles. The molecule has 4 heterocycles. The Bertz CT molecular complexity index is 1090. The third kappa shape index (κ3) is 2.99. The monoisotopic (exact) mass is 387 g/mol. The van der Waals surface area contributed by atoms with E-state index in [1.54, 1.807) is 17.7 Å². The number of nitrogens with zero attached hydrogens (tertiary/aromatic N) is 5. The SMILES string of the molecule is Cc1c(-c2ccccc2)sc2ncnc(N3CCN(c4ccccn4)CC3)c12. The van der Waals surface area contributed by atoms with Crippen LogP contribution in [0.3, 0.4) is 0 Å². The van der Waals surface area contributed by atoms with Crippen molar-refractivity contribution < 1.29 is 0 Å². The standard InChI is InChI=1S/C22H21N5S/c1-16-19-21(27-13-11-26(12-14-27)18-9-5-6-10-23-18)24-15-25-22(19)28-20(16)17-7-3-2-4-8-17/h2-10,15H,11-14H2,1H3. The average Bonchev–Trinajstić information content (AvgIpc) is 3.12. The first kappa shape index (κ1) is 17.1. The van der Waals surface area contributed by atoms with Crippen molar-refractivity contribution in [1.82, 2.24) is 15.0 Å². The molecule has 0 unspecified atom stereocenters. The van der Waals surface area contributed by atoms with E-state index in [0.29, 0.717) is 0 Å². The second kappa shape index (κ2) is 7.20. The summed E-state index contributed by atoms with van der Waals surface area (Å²) in [6.07, 6.45) is 3.56. The highest BCUT2D eigenvalue weighted by atomic mass is 32.1. The van der Waals surface area contributed by atoms with Crippen molar-refractivity contribution in [2.24, 2.45) is 0 Å². The maximum absolute atomic E-state index is 4.68. The zero-order valence-corrected chi connectivity index (χ0v) is 16.6. The summed E-state index contributed by atoms with van der Waals surface area (Å²) < 4.78 is 0. The first-order valence-electron chi connectivity index (χ1n) is 9.52. The van der Waals surface area contributed by atoms with Crippen LogP contribution in [0.1, 0.15) is 5.56 Å². The molecule has 0 amide bonds. The summed E-state index contributed by atoms with van der Waals surface area (Å²) in [5.74, 6) is 2.11. The minimum absolute atomic E-state index is 0.929. The van der Waals surface area contributed by atoms with Crippen LogP contribution in [-0.2, 0) is 0 Å². The molecule has 0 radical (unpaired) electrons. The van der Waals surface area contributed by atoms with Crippen molar-refractivity contribution in [2.75, 3.05) is 36.0 Å². The van der Waals surface area contributed by atoms with Gasteiger partial charge < -0.3 is 9.80 Å². The van der Waals surface area contributed by atoms with E-state index in [2.05, 4.69) is 68.1 Å². The number of hydrogen-bond acceptors (Lipinski definition) is 6. The molecule has 0 N–H and O–H groups in total. The minimum atomic E-state index is 0.929. The number of fused-ring (bicyclic) bond motifs is 1. The summed E-state index contributed by atoms with van der Waals surface area (Å²) in [6.45, 7) is 5.93. The predicted molar refractivity (Wildman–Crippen MR) is 116 cm³/mol. The number of hydrogen-bond donors (Lipinski definition) is 0. The highest BCUT2D eigenvalue weighted by Crippen LogP contribution is 2.40. The Labute approximate surface area is 168 Å². The Hall–Kier alpha value is -2.99. The molecule has 5 nitrogen and oxygen atoms in total. The molecular formula is C22H21N5S. The Morgan fingerprint density at radius 3 is 2.32 bits per heavy atom. The van der Waals surface area contributed by atoms with Gasteiger partial charge in [0.15, 0.2) is 0 Å². The van der Waals surface area contributed by atoms with E-state index in [1.165, 1.54) is 21.4 Å². The summed E-state index contributed by atoms with van der Waals surface area (Å²) in [4.78, 5) is 20.8. The lowest BCUT2D eigenvalue weighted by Crippen LogP contribution is -2.47. The van der Waals surface area contributed by atoms with E-state index >= 15 is 0 Å². The van der Waals surface area contributed by atoms with E-state index < -0.39 is 0 Å². The maximum atomic E-state index is 4.68. The number of pyridine rings is 1. The first-order chi connectivity index (χ1) is 13.8. The highest BCUT2D eigenvalue weighted by Gasteiger charge is 2.23. The van der Waals surface area contributed by atoms with Gasteiger partial charge in [-0.15, -0.1) is 11.3 Å². The van der Waals surface area contributed by atoms with Crippen molar-refractivity contribution in [2.45, 2.75) is 6.92 Å². The molecule has 0 spiro atoms. The normalized spacial score (nSPS) is 14.6. The zero-order chi connectivity index (χ0) is 18.9. The highest BCUT2D eigenvalue weighted by molar-refractivity contribution is 7.22. The van der Waals surface area contributed by atoms with Crippen LogP contribution in [0.2, 0.25) is 0 Å². The van der Waals surface area contributed by atoms with E-state index in [0.717, 1.165) is 42.6 Å². The van der Waals surface area contributed by atoms with E-state index in [9.17, 15) is 0 Å². The van der Waals surface area contributed by atoms with Crippen LogP contribution in [0.25, 0.3) is 20.7 Å². The van der Waals surface area contributed by atoms with Gasteiger partial charge in [-0.05, 0) is 30.2 Å². The summed E-state index contributed by atoms with van der Waals surface area (Å²) >= 11 is 1.75. The van der Waals surface area contributed by atoms with E-state index in [-0.39, 0.29) is 0 Å². The zero-order valence-electron chi connectivity index (χ0n) is 15.7. The maximum Gasteiger partial charge on any atom is 0.141 e. The van der Waals surface area contributed by atoms with Crippen LogP contribution in [0.5, 0.6) is 0 Å². The van der Waals surface area contributed by atoms with E-state index in [1.807, 2.05) is 18.3 Å². The lowest BCUT2D eigenvalue weighted by Gasteiger charge is -2.36. The number of aromatic nitrogens is 3. The smallest absolute Gasteiger partial charge is 0.141 e. The minimum Gasteiger partial charge on any atom is -0.353 e. The molecular weight excluding hydrogens is 366 g/mol. The lowest BCUT2D eigenvalue weighted by atomic mass is 10.1. The molecule has 0 saturated carbocycles. The number of piperazine rings is 1. The number of anilines is 2. The Kier molecular flexibility index (Phi) is 4.41.